The molecule has 0 saturated carbocycles. The van der Waals surface area contributed by atoms with Gasteiger partial charge in [0.25, 0.3) is 0 Å². The average Bonchev–Trinajstić information content (AvgIpc) is 2.20. The fourth-order valence-electron chi connectivity index (χ4n) is 0.611. The topological polar surface area (TPSA) is 12.0 Å². The molecule has 0 spiro atoms. The zero-order chi connectivity index (χ0) is 10.7. The zero-order valence-corrected chi connectivity index (χ0v) is 9.81. The second-order valence-corrected chi connectivity index (χ2v) is 2.47. The highest BCUT2D eigenvalue weighted by molar-refractivity contribution is 5.25. The SMILES string of the molecule is C/C=C/N/C=C(C)\C(C)=C\C.CC. The van der Waals surface area contributed by atoms with Gasteiger partial charge >= 0.3 is 0 Å². The molecule has 0 aromatic rings. The van der Waals surface area contributed by atoms with E-state index in [9.17, 15) is 0 Å². The van der Waals surface area contributed by atoms with E-state index in [0.29, 0.717) is 0 Å². The Bertz CT molecular complexity index is 185. The molecule has 1 N–H and O–H groups in total. The molecule has 0 aliphatic rings. The summed E-state index contributed by atoms with van der Waals surface area (Å²) < 4.78 is 0. The minimum atomic E-state index is 1.27. The molecule has 0 bridgehead atoms. The van der Waals surface area contributed by atoms with Crippen LogP contribution < -0.4 is 5.32 Å². The molecule has 0 amide bonds. The van der Waals surface area contributed by atoms with Crippen LogP contribution in [0.15, 0.2) is 35.7 Å². The lowest BCUT2D eigenvalue weighted by Gasteiger charge is -1.99. The summed E-state index contributed by atoms with van der Waals surface area (Å²) in [4.78, 5) is 0. The van der Waals surface area contributed by atoms with Crippen LogP contribution >= 0.6 is 0 Å². The Morgan fingerprint density at radius 2 is 1.54 bits per heavy atom. The molecule has 0 rings (SSSR count). The Labute approximate surface area is 83.2 Å². The highest BCUT2D eigenvalue weighted by atomic mass is 14.8. The maximum Gasteiger partial charge on any atom is 0.00363 e. The van der Waals surface area contributed by atoms with Crippen LogP contribution in [-0.2, 0) is 0 Å². The maximum absolute atomic E-state index is 3.07. The molecular weight excluding hydrogens is 158 g/mol. The Kier molecular flexibility index (Phi) is 12.3. The minimum Gasteiger partial charge on any atom is -0.368 e. The van der Waals surface area contributed by atoms with Gasteiger partial charge in [-0.25, -0.2) is 0 Å². The van der Waals surface area contributed by atoms with Gasteiger partial charge in [0.1, 0.15) is 0 Å². The Morgan fingerprint density at radius 1 is 1.00 bits per heavy atom. The first kappa shape index (κ1) is 14.5. The summed E-state index contributed by atoms with van der Waals surface area (Å²) in [5.74, 6) is 0. The smallest absolute Gasteiger partial charge is 0.00363 e. The van der Waals surface area contributed by atoms with Gasteiger partial charge in [0.2, 0.25) is 0 Å². The number of rotatable bonds is 3. The van der Waals surface area contributed by atoms with Gasteiger partial charge < -0.3 is 5.32 Å². The number of allylic oxidation sites excluding steroid dienone is 4. The first-order valence-corrected chi connectivity index (χ1v) is 4.89. The van der Waals surface area contributed by atoms with Gasteiger partial charge in [-0.3, -0.25) is 0 Å². The van der Waals surface area contributed by atoms with E-state index in [1.807, 2.05) is 46.2 Å². The minimum absolute atomic E-state index is 1.27. The van der Waals surface area contributed by atoms with Crippen molar-refractivity contribution in [1.29, 1.82) is 0 Å². The van der Waals surface area contributed by atoms with Crippen molar-refractivity contribution in [2.24, 2.45) is 0 Å². The van der Waals surface area contributed by atoms with E-state index in [1.165, 1.54) is 11.1 Å². The Hall–Kier alpha value is -0.980. The zero-order valence-electron chi connectivity index (χ0n) is 9.81. The van der Waals surface area contributed by atoms with E-state index in [1.54, 1.807) is 0 Å². The van der Waals surface area contributed by atoms with Crippen molar-refractivity contribution in [3.63, 3.8) is 0 Å². The van der Waals surface area contributed by atoms with Crippen LogP contribution in [-0.4, -0.2) is 0 Å². The molecule has 0 saturated heterocycles. The molecule has 0 heterocycles. The monoisotopic (exact) mass is 181 g/mol. The summed E-state index contributed by atoms with van der Waals surface area (Å²) >= 11 is 0. The Morgan fingerprint density at radius 3 is 1.92 bits per heavy atom. The molecular formula is C12H23N. The fraction of sp³-hybridized carbons (Fsp3) is 0.500. The van der Waals surface area contributed by atoms with Crippen molar-refractivity contribution >= 4 is 0 Å². The molecule has 76 valence electrons. The van der Waals surface area contributed by atoms with Crippen molar-refractivity contribution < 1.29 is 0 Å². The molecule has 0 aliphatic carbocycles. The third-order valence-corrected chi connectivity index (χ3v) is 1.62. The van der Waals surface area contributed by atoms with Crippen LogP contribution in [0.5, 0.6) is 0 Å². The largest absolute Gasteiger partial charge is 0.368 e. The number of nitrogens with one attached hydrogen (secondary N) is 1. The molecule has 0 unspecified atom stereocenters. The van der Waals surface area contributed by atoms with Crippen LogP contribution in [0.1, 0.15) is 41.5 Å². The summed E-state index contributed by atoms with van der Waals surface area (Å²) in [6, 6.07) is 0. The summed E-state index contributed by atoms with van der Waals surface area (Å²) in [6.45, 7) is 12.2. The third kappa shape index (κ3) is 8.93. The normalized spacial score (nSPS) is 12.5. The highest BCUT2D eigenvalue weighted by Crippen LogP contribution is 2.05. The van der Waals surface area contributed by atoms with E-state index in [4.69, 9.17) is 0 Å². The third-order valence-electron chi connectivity index (χ3n) is 1.62. The van der Waals surface area contributed by atoms with Crippen LogP contribution in [0.3, 0.4) is 0 Å². The van der Waals surface area contributed by atoms with Gasteiger partial charge in [-0.05, 0) is 39.5 Å². The number of hydrogen-bond donors (Lipinski definition) is 1. The van der Waals surface area contributed by atoms with Gasteiger partial charge in [0.15, 0.2) is 0 Å². The van der Waals surface area contributed by atoms with Crippen molar-refractivity contribution in [2.75, 3.05) is 0 Å². The molecule has 0 aliphatic heterocycles. The molecule has 13 heavy (non-hydrogen) atoms. The molecule has 0 fully saturated rings. The van der Waals surface area contributed by atoms with Crippen LogP contribution in [0, 0.1) is 0 Å². The van der Waals surface area contributed by atoms with E-state index in [-0.39, 0.29) is 0 Å². The Balaban J connectivity index is 0. The van der Waals surface area contributed by atoms with E-state index in [0.717, 1.165) is 0 Å². The van der Waals surface area contributed by atoms with Crippen molar-refractivity contribution in [2.45, 2.75) is 41.5 Å². The maximum atomic E-state index is 3.07. The summed E-state index contributed by atoms with van der Waals surface area (Å²) in [5, 5.41) is 3.07. The predicted molar refractivity (Wildman–Crippen MR) is 62.5 cm³/mol. The van der Waals surface area contributed by atoms with Crippen LogP contribution in [0.4, 0.5) is 0 Å². The standard InChI is InChI=1S/C10H17N.C2H6/c1-5-7-11-8-10(4)9(3)6-2;1-2/h5-8,11H,1-4H3;1-2H3/b7-5+,9-6+,10-8-;. The fourth-order valence-corrected chi connectivity index (χ4v) is 0.611. The molecule has 0 atom stereocenters. The highest BCUT2D eigenvalue weighted by Gasteiger charge is 1.87. The molecule has 0 radical (unpaired) electrons. The van der Waals surface area contributed by atoms with Crippen LogP contribution in [0.25, 0.3) is 0 Å². The van der Waals surface area contributed by atoms with Gasteiger partial charge in [0, 0.05) is 6.20 Å². The average molecular weight is 181 g/mol. The van der Waals surface area contributed by atoms with Crippen LogP contribution in [0.2, 0.25) is 0 Å². The van der Waals surface area contributed by atoms with Crippen molar-refractivity contribution in [3.8, 4) is 0 Å². The second kappa shape index (κ2) is 11.0. The second-order valence-electron chi connectivity index (χ2n) is 2.47. The molecule has 1 nitrogen and oxygen atoms in total. The van der Waals surface area contributed by atoms with Gasteiger partial charge in [-0.2, -0.15) is 0 Å². The lowest BCUT2D eigenvalue weighted by Crippen LogP contribution is -1.94. The first-order chi connectivity index (χ1) is 6.22. The summed E-state index contributed by atoms with van der Waals surface area (Å²) in [7, 11) is 0. The van der Waals surface area contributed by atoms with Gasteiger partial charge in [0.05, 0.1) is 0 Å². The molecule has 0 aromatic carbocycles. The first-order valence-electron chi connectivity index (χ1n) is 4.89. The lowest BCUT2D eigenvalue weighted by molar-refractivity contribution is 1.14. The van der Waals surface area contributed by atoms with Gasteiger partial charge in [-0.15, -0.1) is 0 Å². The predicted octanol–water partition coefficient (Wildman–Crippen LogP) is 4.01. The van der Waals surface area contributed by atoms with Crippen molar-refractivity contribution in [3.05, 3.63) is 35.7 Å². The quantitative estimate of drug-likeness (QED) is 0.649. The lowest BCUT2D eigenvalue weighted by atomic mass is 10.1. The van der Waals surface area contributed by atoms with E-state index < -0.39 is 0 Å². The number of hydrogen-bond acceptors (Lipinski definition) is 1. The molecule has 1 heteroatoms. The summed E-state index contributed by atoms with van der Waals surface area (Å²) in [5.41, 5.74) is 2.58. The molecule has 0 aromatic heterocycles. The van der Waals surface area contributed by atoms with Crippen molar-refractivity contribution in [1.82, 2.24) is 5.32 Å². The summed E-state index contributed by atoms with van der Waals surface area (Å²) in [6.07, 6.45) is 7.97. The van der Waals surface area contributed by atoms with E-state index in [2.05, 4.69) is 25.2 Å². The van der Waals surface area contributed by atoms with E-state index >= 15 is 0 Å². The van der Waals surface area contributed by atoms with Gasteiger partial charge in [-0.1, -0.05) is 31.6 Å².